The lowest BCUT2D eigenvalue weighted by molar-refractivity contribution is -0.118. The van der Waals surface area contributed by atoms with E-state index in [1.165, 1.54) is 23.1 Å². The van der Waals surface area contributed by atoms with Crippen LogP contribution < -0.4 is 11.1 Å². The molecule has 0 unspecified atom stereocenters. The first-order valence-electron chi connectivity index (χ1n) is 3.76. The highest BCUT2D eigenvalue weighted by Crippen LogP contribution is 2.25. The van der Waals surface area contributed by atoms with E-state index in [1.807, 2.05) is 0 Å². The van der Waals surface area contributed by atoms with Gasteiger partial charge in [0.2, 0.25) is 5.91 Å². The molecule has 0 spiro atoms. The fourth-order valence-electron chi connectivity index (χ4n) is 0.676. The van der Waals surface area contributed by atoms with Crippen LogP contribution in [0.2, 0.25) is 0 Å². The predicted molar refractivity (Wildman–Crippen MR) is 59.1 cm³/mol. The number of aromatic nitrogens is 1. The lowest BCUT2D eigenvalue weighted by Crippen LogP contribution is -2.25. The second-order valence-corrected chi connectivity index (χ2v) is 4.62. The molecule has 1 rings (SSSR count). The summed E-state index contributed by atoms with van der Waals surface area (Å²) in [5.74, 6) is 2.58. The second-order valence-electron chi connectivity index (χ2n) is 2.29. The molecule has 0 aromatic carbocycles. The molecule has 4 nitrogen and oxygen atoms in total. The van der Waals surface area contributed by atoms with E-state index in [0.29, 0.717) is 10.9 Å². The summed E-state index contributed by atoms with van der Waals surface area (Å²) in [6.07, 6.45) is 6.64. The summed E-state index contributed by atoms with van der Waals surface area (Å²) in [7, 11) is 0. The van der Waals surface area contributed by atoms with Crippen molar-refractivity contribution in [1.82, 2.24) is 10.3 Å². The van der Waals surface area contributed by atoms with Gasteiger partial charge in [-0.25, -0.2) is 4.98 Å². The number of nitrogen functional groups attached to an aromatic ring is 1. The number of nitrogens with two attached hydrogens (primary N) is 1. The van der Waals surface area contributed by atoms with Gasteiger partial charge in [0.1, 0.15) is 0 Å². The van der Waals surface area contributed by atoms with Crippen LogP contribution in [0.25, 0.3) is 0 Å². The van der Waals surface area contributed by atoms with Crippen molar-refractivity contribution in [3.05, 3.63) is 6.20 Å². The van der Waals surface area contributed by atoms with Crippen molar-refractivity contribution in [2.45, 2.75) is 4.21 Å². The zero-order valence-electron chi connectivity index (χ0n) is 7.32. The average Bonchev–Trinajstić information content (AvgIpc) is 2.58. The molecule has 0 atom stereocenters. The molecule has 74 valence electrons. The van der Waals surface area contributed by atoms with Gasteiger partial charge in [-0.3, -0.25) is 4.79 Å². The maximum absolute atomic E-state index is 11.1. The Hall–Kier alpha value is -1.19. The Bertz CT molecular complexity index is 356. The lowest BCUT2D eigenvalue weighted by Gasteiger charge is -1.98. The van der Waals surface area contributed by atoms with Crippen molar-refractivity contribution in [3.63, 3.8) is 0 Å². The molecule has 0 aliphatic rings. The van der Waals surface area contributed by atoms with Crippen LogP contribution in [0, 0.1) is 12.3 Å². The van der Waals surface area contributed by atoms with Crippen molar-refractivity contribution in [2.75, 3.05) is 18.0 Å². The molecule has 0 saturated carbocycles. The Morgan fingerprint density at radius 3 is 3.21 bits per heavy atom. The molecule has 0 aliphatic heterocycles. The van der Waals surface area contributed by atoms with Crippen molar-refractivity contribution in [2.24, 2.45) is 0 Å². The van der Waals surface area contributed by atoms with Gasteiger partial charge in [-0.2, -0.15) is 0 Å². The SMILES string of the molecule is C#CCNC(=O)CSc1cnc(N)s1. The summed E-state index contributed by atoms with van der Waals surface area (Å²) >= 11 is 2.76. The first-order chi connectivity index (χ1) is 6.72. The van der Waals surface area contributed by atoms with E-state index in [2.05, 4.69) is 16.2 Å². The number of thioether (sulfide) groups is 1. The summed E-state index contributed by atoms with van der Waals surface area (Å²) in [6, 6.07) is 0. The van der Waals surface area contributed by atoms with Crippen molar-refractivity contribution < 1.29 is 4.79 Å². The number of rotatable bonds is 4. The van der Waals surface area contributed by atoms with Crippen LogP contribution in [0.1, 0.15) is 0 Å². The molecular formula is C8H9N3OS2. The van der Waals surface area contributed by atoms with E-state index in [0.717, 1.165) is 4.21 Å². The minimum atomic E-state index is -0.0834. The third-order valence-electron chi connectivity index (χ3n) is 1.24. The van der Waals surface area contributed by atoms with Crippen LogP contribution in [-0.2, 0) is 4.79 Å². The maximum atomic E-state index is 11.1. The zero-order chi connectivity index (χ0) is 10.4. The third-order valence-corrected chi connectivity index (χ3v) is 3.26. The molecule has 0 radical (unpaired) electrons. The number of hydrogen-bond acceptors (Lipinski definition) is 5. The van der Waals surface area contributed by atoms with Crippen LogP contribution >= 0.6 is 23.1 Å². The van der Waals surface area contributed by atoms with Crippen LogP contribution in [0.15, 0.2) is 10.4 Å². The van der Waals surface area contributed by atoms with Gasteiger partial charge in [0, 0.05) is 0 Å². The fraction of sp³-hybridized carbons (Fsp3) is 0.250. The Labute approximate surface area is 90.3 Å². The van der Waals surface area contributed by atoms with Gasteiger partial charge >= 0.3 is 0 Å². The summed E-state index contributed by atoms with van der Waals surface area (Å²) in [4.78, 5) is 15.0. The fourth-order valence-corrected chi connectivity index (χ4v) is 2.26. The van der Waals surface area contributed by atoms with Crippen molar-refractivity contribution in [3.8, 4) is 12.3 Å². The highest BCUT2D eigenvalue weighted by molar-refractivity contribution is 8.01. The molecule has 3 N–H and O–H groups in total. The van der Waals surface area contributed by atoms with E-state index in [9.17, 15) is 4.79 Å². The van der Waals surface area contributed by atoms with Crippen LogP contribution in [0.4, 0.5) is 5.13 Å². The zero-order valence-corrected chi connectivity index (χ0v) is 8.95. The van der Waals surface area contributed by atoms with E-state index in [-0.39, 0.29) is 12.5 Å². The Morgan fingerprint density at radius 1 is 1.86 bits per heavy atom. The van der Waals surface area contributed by atoms with Gasteiger partial charge in [-0.15, -0.1) is 18.2 Å². The Kier molecular flexibility index (Phi) is 4.29. The van der Waals surface area contributed by atoms with Gasteiger partial charge in [0.25, 0.3) is 0 Å². The largest absolute Gasteiger partial charge is 0.375 e. The van der Waals surface area contributed by atoms with E-state index in [4.69, 9.17) is 12.2 Å². The second kappa shape index (κ2) is 5.52. The quantitative estimate of drug-likeness (QED) is 0.583. The number of amides is 1. The lowest BCUT2D eigenvalue weighted by atomic mass is 10.6. The average molecular weight is 227 g/mol. The Morgan fingerprint density at radius 2 is 2.64 bits per heavy atom. The van der Waals surface area contributed by atoms with Crippen LogP contribution in [-0.4, -0.2) is 23.2 Å². The number of nitrogens with one attached hydrogen (secondary N) is 1. The smallest absolute Gasteiger partial charge is 0.231 e. The number of nitrogens with zero attached hydrogens (tertiary/aromatic N) is 1. The summed E-state index contributed by atoms with van der Waals surface area (Å²) < 4.78 is 0.929. The molecule has 1 heterocycles. The molecule has 14 heavy (non-hydrogen) atoms. The molecule has 1 amide bonds. The molecule has 6 heteroatoms. The monoisotopic (exact) mass is 227 g/mol. The standard InChI is InChI=1S/C8H9N3OS2/c1-2-3-10-6(12)5-13-7-4-11-8(9)14-7/h1,4H,3,5H2,(H2,9,11)(H,10,12). The summed E-state index contributed by atoms with van der Waals surface area (Å²) in [5.41, 5.74) is 5.43. The van der Waals surface area contributed by atoms with Crippen LogP contribution in [0.3, 0.4) is 0 Å². The van der Waals surface area contributed by atoms with Crippen molar-refractivity contribution >= 4 is 34.1 Å². The number of anilines is 1. The number of carbonyl (C=O) groups is 1. The number of terminal acetylenes is 1. The predicted octanol–water partition coefficient (Wildman–Crippen LogP) is 0.567. The van der Waals surface area contributed by atoms with E-state index < -0.39 is 0 Å². The first kappa shape index (κ1) is 10.9. The molecule has 1 aromatic heterocycles. The maximum Gasteiger partial charge on any atom is 0.231 e. The van der Waals surface area contributed by atoms with Gasteiger partial charge in [0.05, 0.1) is 22.7 Å². The number of carbonyl (C=O) groups excluding carboxylic acids is 1. The van der Waals surface area contributed by atoms with Crippen molar-refractivity contribution in [1.29, 1.82) is 0 Å². The number of hydrogen-bond donors (Lipinski definition) is 2. The minimum Gasteiger partial charge on any atom is -0.375 e. The molecule has 1 aromatic rings. The molecule has 0 saturated heterocycles. The topological polar surface area (TPSA) is 68.0 Å². The highest BCUT2D eigenvalue weighted by Gasteiger charge is 2.03. The Balaban J connectivity index is 2.27. The summed E-state index contributed by atoms with van der Waals surface area (Å²) in [6.45, 7) is 0.268. The van der Waals surface area contributed by atoms with E-state index >= 15 is 0 Å². The van der Waals surface area contributed by atoms with Gasteiger partial charge in [-0.1, -0.05) is 17.3 Å². The highest BCUT2D eigenvalue weighted by atomic mass is 32.2. The third kappa shape index (κ3) is 3.68. The molecule has 0 fully saturated rings. The van der Waals surface area contributed by atoms with Crippen LogP contribution in [0.5, 0.6) is 0 Å². The summed E-state index contributed by atoms with van der Waals surface area (Å²) in [5, 5.41) is 3.08. The molecule has 0 aliphatic carbocycles. The molecular weight excluding hydrogens is 218 g/mol. The van der Waals surface area contributed by atoms with Gasteiger partial charge in [0.15, 0.2) is 5.13 Å². The minimum absolute atomic E-state index is 0.0834. The van der Waals surface area contributed by atoms with Gasteiger partial charge in [-0.05, 0) is 0 Å². The molecule has 0 bridgehead atoms. The normalized spacial score (nSPS) is 9.36. The van der Waals surface area contributed by atoms with E-state index in [1.54, 1.807) is 6.20 Å². The number of thiazole rings is 1. The van der Waals surface area contributed by atoms with Gasteiger partial charge < -0.3 is 11.1 Å². The first-order valence-corrected chi connectivity index (χ1v) is 5.57.